The summed E-state index contributed by atoms with van der Waals surface area (Å²) in [5.74, 6) is 0.707. The van der Waals surface area contributed by atoms with Gasteiger partial charge in [-0.3, -0.25) is 9.88 Å². The minimum Gasteiger partial charge on any atom is -0.471 e. The molecule has 1 aromatic heterocycles. The first-order valence-corrected chi connectivity index (χ1v) is 8.80. The maximum Gasteiger partial charge on any atom is 0.237 e. The predicted octanol–water partition coefficient (Wildman–Crippen LogP) is 3.97. The van der Waals surface area contributed by atoms with Crippen molar-refractivity contribution in [3.05, 3.63) is 53.7 Å². The number of hydrogen-bond donors (Lipinski definition) is 0. The van der Waals surface area contributed by atoms with Crippen LogP contribution in [0.1, 0.15) is 50.8 Å². The molecule has 0 N–H and O–H groups in total. The molecular formula is C20H25FN3O. The van der Waals surface area contributed by atoms with Crippen LogP contribution in [0.2, 0.25) is 0 Å². The molecule has 2 aromatic rings. The third kappa shape index (κ3) is 4.98. The van der Waals surface area contributed by atoms with Crippen molar-refractivity contribution in [2.45, 2.75) is 51.7 Å². The molecule has 3 rings (SSSR count). The van der Waals surface area contributed by atoms with Gasteiger partial charge in [-0.05, 0) is 64.3 Å². The van der Waals surface area contributed by atoms with Crippen molar-refractivity contribution in [1.82, 2.24) is 14.9 Å². The van der Waals surface area contributed by atoms with Gasteiger partial charge in [-0.2, -0.15) is 0 Å². The largest absolute Gasteiger partial charge is 0.471 e. The average molecular weight is 342 g/mol. The van der Waals surface area contributed by atoms with Crippen molar-refractivity contribution in [2.24, 2.45) is 0 Å². The Labute approximate surface area is 149 Å². The fourth-order valence-electron chi connectivity index (χ4n) is 3.15. The summed E-state index contributed by atoms with van der Waals surface area (Å²) < 4.78 is 19.3. The van der Waals surface area contributed by atoms with E-state index in [4.69, 9.17) is 4.74 Å². The maximum atomic E-state index is 13.4. The molecule has 0 saturated carbocycles. The Morgan fingerprint density at radius 2 is 1.92 bits per heavy atom. The van der Waals surface area contributed by atoms with Crippen LogP contribution in [0.5, 0.6) is 5.88 Å². The number of ether oxygens (including phenoxy) is 1. The van der Waals surface area contributed by atoms with E-state index >= 15 is 0 Å². The summed E-state index contributed by atoms with van der Waals surface area (Å²) in [4.78, 5) is 11.2. The molecule has 0 amide bonds. The number of hydrogen-bond acceptors (Lipinski definition) is 4. The van der Waals surface area contributed by atoms with Gasteiger partial charge in [-0.25, -0.2) is 9.37 Å². The van der Waals surface area contributed by atoms with E-state index in [2.05, 4.69) is 20.9 Å². The van der Waals surface area contributed by atoms with E-state index in [1.807, 2.05) is 26.8 Å². The second-order valence-electron chi connectivity index (χ2n) is 7.53. The molecule has 0 aliphatic carbocycles. The summed E-state index contributed by atoms with van der Waals surface area (Å²) in [7, 11) is 0. The molecule has 4 nitrogen and oxygen atoms in total. The lowest BCUT2D eigenvalue weighted by Crippen LogP contribution is -2.33. The molecule has 133 valence electrons. The van der Waals surface area contributed by atoms with Gasteiger partial charge in [0.25, 0.3) is 0 Å². The SMILES string of the molecule is CC(C)(C)Oc1nccnc1CN1CCC(c2[c]c(F)ccc2)CC1. The highest BCUT2D eigenvalue weighted by molar-refractivity contribution is 5.21. The van der Waals surface area contributed by atoms with Crippen LogP contribution in [0.25, 0.3) is 0 Å². The van der Waals surface area contributed by atoms with E-state index in [1.54, 1.807) is 18.5 Å². The summed E-state index contributed by atoms with van der Waals surface area (Å²) in [6.45, 7) is 8.63. The molecule has 0 atom stereocenters. The van der Waals surface area contributed by atoms with Crippen molar-refractivity contribution in [2.75, 3.05) is 13.1 Å². The third-order valence-electron chi connectivity index (χ3n) is 4.32. The zero-order valence-electron chi connectivity index (χ0n) is 15.1. The van der Waals surface area contributed by atoms with E-state index < -0.39 is 0 Å². The second-order valence-corrected chi connectivity index (χ2v) is 7.53. The fourth-order valence-corrected chi connectivity index (χ4v) is 3.15. The fraction of sp³-hybridized carbons (Fsp3) is 0.500. The van der Waals surface area contributed by atoms with Crippen molar-refractivity contribution in [1.29, 1.82) is 0 Å². The highest BCUT2D eigenvalue weighted by atomic mass is 19.1. The Bertz CT molecular complexity index is 706. The van der Waals surface area contributed by atoms with Crippen molar-refractivity contribution in [3.63, 3.8) is 0 Å². The minimum atomic E-state index is -0.301. The minimum absolute atomic E-state index is 0.275. The zero-order valence-corrected chi connectivity index (χ0v) is 15.1. The Hall–Kier alpha value is -2.01. The molecule has 0 spiro atoms. The molecule has 1 saturated heterocycles. The number of rotatable bonds is 4. The molecule has 1 aliphatic heterocycles. The second kappa shape index (κ2) is 7.48. The van der Waals surface area contributed by atoms with Crippen LogP contribution >= 0.6 is 0 Å². The van der Waals surface area contributed by atoms with Gasteiger partial charge in [-0.1, -0.05) is 12.1 Å². The van der Waals surface area contributed by atoms with Crippen molar-refractivity contribution >= 4 is 0 Å². The van der Waals surface area contributed by atoms with Crippen LogP contribution in [0, 0.1) is 11.9 Å². The van der Waals surface area contributed by atoms with Gasteiger partial charge in [0.1, 0.15) is 17.1 Å². The van der Waals surface area contributed by atoms with Crippen LogP contribution in [-0.2, 0) is 6.54 Å². The van der Waals surface area contributed by atoms with E-state index in [0.717, 1.165) is 43.7 Å². The summed E-state index contributed by atoms with van der Waals surface area (Å²) in [5.41, 5.74) is 1.55. The first-order chi connectivity index (χ1) is 11.9. The summed E-state index contributed by atoms with van der Waals surface area (Å²) in [6, 6.07) is 8.04. The number of likely N-dealkylation sites (tertiary alicyclic amines) is 1. The molecule has 0 unspecified atom stereocenters. The highest BCUT2D eigenvalue weighted by Gasteiger charge is 2.23. The normalized spacial score (nSPS) is 16.8. The van der Waals surface area contributed by atoms with E-state index in [9.17, 15) is 4.39 Å². The van der Waals surface area contributed by atoms with Gasteiger partial charge < -0.3 is 4.74 Å². The summed E-state index contributed by atoms with van der Waals surface area (Å²) in [5, 5.41) is 0. The smallest absolute Gasteiger partial charge is 0.237 e. The Morgan fingerprint density at radius 3 is 2.60 bits per heavy atom. The van der Waals surface area contributed by atoms with Crippen LogP contribution in [0.15, 0.2) is 30.6 Å². The average Bonchev–Trinajstić information content (AvgIpc) is 2.56. The quantitative estimate of drug-likeness (QED) is 0.843. The molecule has 1 aliphatic rings. The Morgan fingerprint density at radius 1 is 1.20 bits per heavy atom. The van der Waals surface area contributed by atoms with Crippen LogP contribution in [-0.4, -0.2) is 33.6 Å². The van der Waals surface area contributed by atoms with Gasteiger partial charge in [0.15, 0.2) is 0 Å². The van der Waals surface area contributed by atoms with Gasteiger partial charge >= 0.3 is 0 Å². The maximum absolute atomic E-state index is 13.4. The van der Waals surface area contributed by atoms with Crippen molar-refractivity contribution in [3.8, 4) is 5.88 Å². The van der Waals surface area contributed by atoms with Crippen LogP contribution in [0.3, 0.4) is 0 Å². The summed E-state index contributed by atoms with van der Waals surface area (Å²) in [6.07, 6.45) is 5.36. The van der Waals surface area contributed by atoms with Gasteiger partial charge in [0, 0.05) is 25.0 Å². The van der Waals surface area contributed by atoms with Crippen LogP contribution in [0.4, 0.5) is 4.39 Å². The number of nitrogens with zero attached hydrogens (tertiary/aromatic N) is 3. The third-order valence-corrected chi connectivity index (χ3v) is 4.32. The molecular weight excluding hydrogens is 317 g/mol. The lowest BCUT2D eigenvalue weighted by molar-refractivity contribution is 0.117. The lowest BCUT2D eigenvalue weighted by Gasteiger charge is -2.32. The number of halogens is 1. The standard InChI is InChI=1S/C20H25FN3O/c1-20(2,3)25-19-18(22-9-10-23-19)14-24-11-7-15(8-12-24)16-5-4-6-17(21)13-16/h4-6,9-10,15H,7-8,11-12,14H2,1-3H3. The number of benzene rings is 1. The molecule has 0 bridgehead atoms. The summed E-state index contributed by atoms with van der Waals surface area (Å²) >= 11 is 0. The zero-order chi connectivity index (χ0) is 17.9. The van der Waals surface area contributed by atoms with Gasteiger partial charge in [0.2, 0.25) is 5.88 Å². The molecule has 25 heavy (non-hydrogen) atoms. The molecule has 5 heteroatoms. The Balaban J connectivity index is 1.61. The first kappa shape index (κ1) is 17.8. The number of aromatic nitrogens is 2. The van der Waals surface area contributed by atoms with Crippen LogP contribution < -0.4 is 4.74 Å². The molecule has 2 heterocycles. The van der Waals surface area contributed by atoms with Gasteiger partial charge in [-0.15, -0.1) is 0 Å². The van der Waals surface area contributed by atoms with Crippen molar-refractivity contribution < 1.29 is 9.13 Å². The van der Waals surface area contributed by atoms with E-state index in [-0.39, 0.29) is 11.4 Å². The van der Waals surface area contributed by atoms with E-state index in [1.165, 1.54) is 6.07 Å². The van der Waals surface area contributed by atoms with E-state index in [0.29, 0.717) is 11.8 Å². The topological polar surface area (TPSA) is 38.3 Å². The predicted molar refractivity (Wildman–Crippen MR) is 94.9 cm³/mol. The lowest BCUT2D eigenvalue weighted by atomic mass is 9.89. The molecule has 1 aromatic carbocycles. The first-order valence-electron chi connectivity index (χ1n) is 8.80. The highest BCUT2D eigenvalue weighted by Crippen LogP contribution is 2.29. The molecule has 1 fully saturated rings. The Kier molecular flexibility index (Phi) is 5.33. The van der Waals surface area contributed by atoms with Gasteiger partial charge in [0.05, 0.1) is 0 Å². The molecule has 1 radical (unpaired) electrons. The number of piperidine rings is 1. The monoisotopic (exact) mass is 342 g/mol.